The lowest BCUT2D eigenvalue weighted by Gasteiger charge is -2.31. The molecule has 0 bridgehead atoms. The Kier molecular flexibility index (Phi) is 7.44. The minimum absolute atomic E-state index is 0.184. The molecular formula is C50H39N. The van der Waals surface area contributed by atoms with Crippen LogP contribution < -0.4 is 4.90 Å². The largest absolute Gasteiger partial charge is 0.309 e. The van der Waals surface area contributed by atoms with Crippen LogP contribution in [0, 0.1) is 6.92 Å². The number of fused-ring (bicyclic) bond motifs is 4. The highest BCUT2D eigenvalue weighted by Gasteiger charge is 2.39. The first-order chi connectivity index (χ1) is 25.0. The van der Waals surface area contributed by atoms with Gasteiger partial charge in [0.15, 0.2) is 0 Å². The number of rotatable bonds is 6. The van der Waals surface area contributed by atoms with E-state index in [1.165, 1.54) is 83.3 Å². The molecule has 0 unspecified atom stereocenters. The molecule has 1 nitrogen and oxygen atoms in total. The van der Waals surface area contributed by atoms with E-state index in [9.17, 15) is 0 Å². The van der Waals surface area contributed by atoms with Crippen molar-refractivity contribution in [1.29, 1.82) is 0 Å². The molecule has 244 valence electrons. The van der Waals surface area contributed by atoms with E-state index in [4.69, 9.17) is 0 Å². The van der Waals surface area contributed by atoms with Gasteiger partial charge in [-0.15, -0.1) is 0 Å². The van der Waals surface area contributed by atoms with Crippen LogP contribution in [0.2, 0.25) is 0 Å². The third-order valence-corrected chi connectivity index (χ3v) is 10.8. The summed E-state index contributed by atoms with van der Waals surface area (Å²) in [5.41, 5.74) is 17.3. The maximum atomic E-state index is 2.51. The normalized spacial score (nSPS) is 12.8. The maximum Gasteiger partial charge on any atom is 0.0621 e. The predicted molar refractivity (Wildman–Crippen MR) is 217 cm³/mol. The van der Waals surface area contributed by atoms with Gasteiger partial charge in [0.2, 0.25) is 0 Å². The molecule has 0 aliphatic heterocycles. The molecular weight excluding hydrogens is 615 g/mol. The number of benzene rings is 8. The van der Waals surface area contributed by atoms with Crippen molar-refractivity contribution in [3.8, 4) is 44.5 Å². The molecule has 9 rings (SSSR count). The van der Waals surface area contributed by atoms with Gasteiger partial charge in [0, 0.05) is 27.7 Å². The first kappa shape index (κ1) is 30.8. The molecule has 1 heteroatoms. The molecule has 8 aromatic rings. The van der Waals surface area contributed by atoms with Crippen molar-refractivity contribution in [1.82, 2.24) is 0 Å². The lowest BCUT2D eigenvalue weighted by atomic mass is 9.81. The zero-order valence-electron chi connectivity index (χ0n) is 29.3. The van der Waals surface area contributed by atoms with Gasteiger partial charge in [-0.25, -0.2) is 0 Å². The molecule has 0 N–H and O–H groups in total. The fraction of sp³-hybridized carbons (Fsp3) is 0.0800. The summed E-state index contributed by atoms with van der Waals surface area (Å²) >= 11 is 0. The third-order valence-electron chi connectivity index (χ3n) is 10.8. The van der Waals surface area contributed by atoms with Crippen LogP contribution in [0.1, 0.15) is 30.5 Å². The highest BCUT2D eigenvalue weighted by molar-refractivity contribution is 6.10. The first-order valence-corrected chi connectivity index (χ1v) is 17.9. The van der Waals surface area contributed by atoms with E-state index in [0.717, 1.165) is 5.69 Å². The van der Waals surface area contributed by atoms with Crippen LogP contribution in [0.4, 0.5) is 17.1 Å². The average molecular weight is 654 g/mol. The molecule has 0 radical (unpaired) electrons. The van der Waals surface area contributed by atoms with Crippen LogP contribution in [-0.4, -0.2) is 0 Å². The quantitative estimate of drug-likeness (QED) is 0.173. The molecule has 0 saturated carbocycles. The Morgan fingerprint density at radius 3 is 1.71 bits per heavy atom. The summed E-state index contributed by atoms with van der Waals surface area (Å²) in [7, 11) is 0. The number of aryl methyl sites for hydroxylation is 1. The van der Waals surface area contributed by atoms with Crippen LogP contribution in [0.25, 0.3) is 55.3 Å². The molecule has 0 fully saturated rings. The highest BCUT2D eigenvalue weighted by Crippen LogP contribution is 2.57. The zero-order valence-corrected chi connectivity index (χ0v) is 29.3. The van der Waals surface area contributed by atoms with Gasteiger partial charge in [0.1, 0.15) is 0 Å². The summed E-state index contributed by atoms with van der Waals surface area (Å²) in [6, 6.07) is 66.6. The van der Waals surface area contributed by atoms with Crippen molar-refractivity contribution in [3.63, 3.8) is 0 Å². The number of nitrogens with zero attached hydrogens (tertiary/aromatic N) is 1. The highest BCUT2D eigenvalue weighted by atomic mass is 15.1. The van der Waals surface area contributed by atoms with Gasteiger partial charge in [-0.2, -0.15) is 0 Å². The molecule has 1 aliphatic rings. The van der Waals surface area contributed by atoms with E-state index >= 15 is 0 Å². The SMILES string of the molecule is Cc1ccccc1N(c1ccc(-c2ccccc2-c2ccccc2)cc1)c1c2c(cc3ccccc13)C(C)(C)c1cc(-c3ccccc3)ccc1-2. The zero-order chi connectivity index (χ0) is 34.5. The lowest BCUT2D eigenvalue weighted by Crippen LogP contribution is -2.17. The van der Waals surface area contributed by atoms with E-state index in [1.807, 2.05) is 0 Å². The van der Waals surface area contributed by atoms with Gasteiger partial charge in [0.05, 0.1) is 5.69 Å². The van der Waals surface area contributed by atoms with Crippen molar-refractivity contribution in [3.05, 3.63) is 199 Å². The van der Waals surface area contributed by atoms with Gasteiger partial charge in [-0.05, 0) is 98.3 Å². The van der Waals surface area contributed by atoms with Crippen LogP contribution >= 0.6 is 0 Å². The summed E-state index contributed by atoms with van der Waals surface area (Å²) in [5, 5.41) is 2.50. The molecule has 0 amide bonds. The second kappa shape index (κ2) is 12.3. The van der Waals surface area contributed by atoms with Crippen LogP contribution in [0.3, 0.4) is 0 Å². The van der Waals surface area contributed by atoms with E-state index < -0.39 is 0 Å². The number of hydrogen-bond donors (Lipinski definition) is 0. The summed E-state index contributed by atoms with van der Waals surface area (Å²) in [6.07, 6.45) is 0. The Labute approximate surface area is 301 Å². The van der Waals surface area contributed by atoms with Crippen LogP contribution in [0.15, 0.2) is 182 Å². The van der Waals surface area contributed by atoms with Crippen molar-refractivity contribution in [2.75, 3.05) is 4.90 Å². The van der Waals surface area contributed by atoms with E-state index in [-0.39, 0.29) is 5.41 Å². The van der Waals surface area contributed by atoms with Crippen molar-refractivity contribution < 1.29 is 0 Å². The predicted octanol–water partition coefficient (Wildman–Crippen LogP) is 13.9. The van der Waals surface area contributed by atoms with Gasteiger partial charge in [-0.1, -0.05) is 166 Å². The Bertz CT molecular complexity index is 2540. The minimum Gasteiger partial charge on any atom is -0.309 e. The topological polar surface area (TPSA) is 3.24 Å². The minimum atomic E-state index is -0.184. The molecule has 0 spiro atoms. The molecule has 1 aliphatic carbocycles. The van der Waals surface area contributed by atoms with Crippen molar-refractivity contribution >= 4 is 27.8 Å². The molecule has 8 aromatic carbocycles. The van der Waals surface area contributed by atoms with E-state index in [1.54, 1.807) is 0 Å². The van der Waals surface area contributed by atoms with E-state index in [0.29, 0.717) is 0 Å². The molecule has 0 atom stereocenters. The monoisotopic (exact) mass is 653 g/mol. The molecule has 0 saturated heterocycles. The van der Waals surface area contributed by atoms with Gasteiger partial charge in [0.25, 0.3) is 0 Å². The van der Waals surface area contributed by atoms with Gasteiger partial charge < -0.3 is 4.90 Å². The Morgan fingerprint density at radius 2 is 1.00 bits per heavy atom. The van der Waals surface area contributed by atoms with Crippen LogP contribution in [0.5, 0.6) is 0 Å². The van der Waals surface area contributed by atoms with Gasteiger partial charge >= 0.3 is 0 Å². The van der Waals surface area contributed by atoms with E-state index in [2.05, 4.69) is 208 Å². The van der Waals surface area contributed by atoms with Crippen LogP contribution in [-0.2, 0) is 5.41 Å². The average Bonchev–Trinajstić information content (AvgIpc) is 3.41. The summed E-state index contributed by atoms with van der Waals surface area (Å²) in [4.78, 5) is 2.51. The standard InChI is InChI=1S/C50H39N/c1-34-16-10-15-25-47(34)51(40-29-26-37(27-30-40)42-23-14-13-22-41(42)36-19-8-5-9-20-36)49-43-24-12-11-21-39(43)33-46-48(49)44-31-28-38(32-45(44)50(46,2)3)35-17-6-4-7-18-35/h4-33H,1-3H3. The summed E-state index contributed by atoms with van der Waals surface area (Å²) in [6.45, 7) is 7.01. The Morgan fingerprint density at radius 1 is 0.431 bits per heavy atom. The lowest BCUT2D eigenvalue weighted by molar-refractivity contribution is 0.661. The fourth-order valence-electron chi connectivity index (χ4n) is 8.16. The number of para-hydroxylation sites is 1. The molecule has 0 aromatic heterocycles. The van der Waals surface area contributed by atoms with Crippen molar-refractivity contribution in [2.24, 2.45) is 0 Å². The van der Waals surface area contributed by atoms with Crippen molar-refractivity contribution in [2.45, 2.75) is 26.2 Å². The number of hydrogen-bond acceptors (Lipinski definition) is 1. The van der Waals surface area contributed by atoms with Gasteiger partial charge in [-0.3, -0.25) is 0 Å². The fourth-order valence-corrected chi connectivity index (χ4v) is 8.16. The summed E-state index contributed by atoms with van der Waals surface area (Å²) < 4.78 is 0. The Hall–Kier alpha value is -6.18. The number of anilines is 3. The smallest absolute Gasteiger partial charge is 0.0621 e. The third kappa shape index (κ3) is 5.16. The first-order valence-electron chi connectivity index (χ1n) is 17.9. The Balaban J connectivity index is 1.28. The second-order valence-electron chi connectivity index (χ2n) is 14.2. The summed E-state index contributed by atoms with van der Waals surface area (Å²) in [5.74, 6) is 0. The maximum absolute atomic E-state index is 2.51. The second-order valence-corrected chi connectivity index (χ2v) is 14.2. The molecule has 51 heavy (non-hydrogen) atoms. The molecule has 0 heterocycles.